The number of hydrogen-bond donors (Lipinski definition) is 2. The van der Waals surface area contributed by atoms with Crippen molar-refractivity contribution in [2.75, 3.05) is 47.8 Å². The van der Waals surface area contributed by atoms with Crippen LogP contribution < -0.4 is 19.8 Å². The van der Waals surface area contributed by atoms with Gasteiger partial charge < -0.3 is 15.1 Å². The number of nitrogens with zero attached hydrogens (tertiary/aromatic N) is 5. The molecule has 5 heterocycles. The predicted octanol–water partition coefficient (Wildman–Crippen LogP) is 7.35. The van der Waals surface area contributed by atoms with Crippen molar-refractivity contribution in [1.29, 1.82) is 0 Å². The van der Waals surface area contributed by atoms with Gasteiger partial charge in [-0.2, -0.15) is 0 Å². The maximum Gasteiger partial charge on any atom is 0.325 e. The van der Waals surface area contributed by atoms with Crippen molar-refractivity contribution in [1.82, 2.24) is 19.6 Å². The lowest BCUT2D eigenvalue weighted by atomic mass is 9.59. The fourth-order valence-corrected chi connectivity index (χ4v) is 9.98. The number of hydrogen-bond acceptors (Lipinski definition) is 7. The zero-order chi connectivity index (χ0) is 31.9. The lowest BCUT2D eigenvalue weighted by Crippen LogP contribution is -2.41. The van der Waals surface area contributed by atoms with E-state index in [1.54, 1.807) is 0 Å². The van der Waals surface area contributed by atoms with E-state index in [0.717, 1.165) is 74.5 Å². The summed E-state index contributed by atoms with van der Waals surface area (Å²) >= 11 is 1.22. The summed E-state index contributed by atoms with van der Waals surface area (Å²) in [6.07, 6.45) is 13.8. The standard InChI is InChI=1S/C36H51N7O2S/c1-4-36(22-25-8-5-9-26(20-25)23-36)15-17-41-18-19-42(34(41)45)30-14-13-28-32(39-30)43-24-27(21-35(43,2)3)10-7-16-37-29-11-6-12-31(38-29)46-40-33(28)44/h6,11-14,25-27H,4-5,7-10,15-24H2,1-3H3,(H,37,38)(H,40,44). The summed E-state index contributed by atoms with van der Waals surface area (Å²) in [4.78, 5) is 43.6. The summed E-state index contributed by atoms with van der Waals surface area (Å²) < 4.78 is 3.01. The highest BCUT2D eigenvalue weighted by Gasteiger charge is 2.43. The molecule has 3 atom stereocenters. The fraction of sp³-hybridized carbons (Fsp3) is 0.667. The van der Waals surface area contributed by atoms with Crippen LogP contribution >= 0.6 is 11.9 Å². The molecule has 5 aliphatic rings. The van der Waals surface area contributed by atoms with Crippen LogP contribution in [0.2, 0.25) is 0 Å². The number of fused-ring (bicyclic) bond motifs is 8. The smallest absolute Gasteiger partial charge is 0.325 e. The Morgan fingerprint density at radius 2 is 1.76 bits per heavy atom. The third-order valence-electron chi connectivity index (χ3n) is 11.8. The monoisotopic (exact) mass is 645 g/mol. The van der Waals surface area contributed by atoms with Gasteiger partial charge in [-0.15, -0.1) is 0 Å². The normalized spacial score (nSPS) is 29.5. The van der Waals surface area contributed by atoms with Gasteiger partial charge in [-0.1, -0.05) is 38.7 Å². The van der Waals surface area contributed by atoms with Gasteiger partial charge in [0.25, 0.3) is 5.91 Å². The third-order valence-corrected chi connectivity index (χ3v) is 12.5. The molecule has 2 saturated heterocycles. The molecule has 7 rings (SSSR count). The summed E-state index contributed by atoms with van der Waals surface area (Å²) in [5, 5.41) is 4.17. The molecular formula is C36H51N7O2S. The molecule has 9 nitrogen and oxygen atoms in total. The average molecular weight is 646 g/mol. The number of carbonyl (C=O) groups excluding carboxylic acids is 2. The first kappa shape index (κ1) is 31.6. The van der Waals surface area contributed by atoms with Crippen LogP contribution in [0, 0.1) is 23.2 Å². The zero-order valence-corrected chi connectivity index (χ0v) is 28.7. The van der Waals surface area contributed by atoms with Gasteiger partial charge in [0.15, 0.2) is 0 Å². The van der Waals surface area contributed by atoms with Crippen molar-refractivity contribution in [2.45, 2.75) is 102 Å². The van der Waals surface area contributed by atoms with E-state index in [4.69, 9.17) is 4.98 Å². The summed E-state index contributed by atoms with van der Waals surface area (Å²) in [6, 6.07) is 9.59. The topological polar surface area (TPSA) is 93.7 Å². The van der Waals surface area contributed by atoms with Gasteiger partial charge in [-0.25, -0.2) is 14.8 Å². The van der Waals surface area contributed by atoms with E-state index in [1.165, 1.54) is 56.9 Å². The Morgan fingerprint density at radius 1 is 0.957 bits per heavy atom. The van der Waals surface area contributed by atoms with E-state index in [0.29, 0.717) is 35.1 Å². The van der Waals surface area contributed by atoms with Crippen LogP contribution in [0.15, 0.2) is 35.4 Å². The molecule has 3 aliphatic heterocycles. The highest BCUT2D eigenvalue weighted by Crippen LogP contribution is 2.52. The van der Waals surface area contributed by atoms with Crippen LogP contribution in [0.3, 0.4) is 0 Å². The van der Waals surface area contributed by atoms with E-state index in [-0.39, 0.29) is 17.5 Å². The van der Waals surface area contributed by atoms with Gasteiger partial charge in [0.2, 0.25) is 0 Å². The van der Waals surface area contributed by atoms with Gasteiger partial charge in [0.05, 0.1) is 5.56 Å². The average Bonchev–Trinajstić information content (AvgIpc) is 3.57. The SMILES string of the molecule is CCC1(CCN2CCN(c3ccc4c(n3)N3CC(CCCNc5cccc(n5)SNC4=O)CC3(C)C)C2=O)CC2CCCC(C2)C1. The molecule has 0 aromatic carbocycles. The second kappa shape index (κ2) is 12.9. The van der Waals surface area contributed by atoms with Gasteiger partial charge >= 0.3 is 6.03 Å². The van der Waals surface area contributed by atoms with Crippen LogP contribution in [-0.2, 0) is 0 Å². The molecule has 0 spiro atoms. The molecule has 0 radical (unpaired) electrons. The van der Waals surface area contributed by atoms with Gasteiger partial charge in [-0.05, 0) is 106 Å². The zero-order valence-electron chi connectivity index (χ0n) is 27.9. The second-order valence-corrected chi connectivity index (χ2v) is 16.2. The number of aromatic nitrogens is 2. The van der Waals surface area contributed by atoms with E-state index in [2.05, 4.69) is 40.7 Å². The third kappa shape index (κ3) is 6.43. The number of rotatable bonds is 5. The Labute approximate surface area is 278 Å². The number of carbonyl (C=O) groups is 2. The summed E-state index contributed by atoms with van der Waals surface area (Å²) in [7, 11) is 0. The van der Waals surface area contributed by atoms with Crippen molar-refractivity contribution in [2.24, 2.45) is 23.2 Å². The van der Waals surface area contributed by atoms with Gasteiger partial charge in [0.1, 0.15) is 22.5 Å². The van der Waals surface area contributed by atoms with E-state index in [9.17, 15) is 9.59 Å². The van der Waals surface area contributed by atoms with Gasteiger partial charge in [0, 0.05) is 50.2 Å². The second-order valence-electron chi connectivity index (χ2n) is 15.3. The molecule has 2 N–H and O–H groups in total. The quantitative estimate of drug-likeness (QED) is 0.329. The fourth-order valence-electron chi connectivity index (χ4n) is 9.38. The Hall–Kier alpha value is -3.01. The highest BCUT2D eigenvalue weighted by atomic mass is 32.2. The number of nitrogens with one attached hydrogen (secondary N) is 2. The molecule has 6 bridgehead atoms. The summed E-state index contributed by atoms with van der Waals surface area (Å²) in [5.41, 5.74) is 0.748. The van der Waals surface area contributed by atoms with Crippen molar-refractivity contribution in [3.63, 3.8) is 0 Å². The highest BCUT2D eigenvalue weighted by molar-refractivity contribution is 7.97. The predicted molar refractivity (Wildman–Crippen MR) is 185 cm³/mol. The molecule has 3 amide bonds. The van der Waals surface area contributed by atoms with Crippen LogP contribution in [0.4, 0.5) is 22.2 Å². The molecule has 2 aromatic heterocycles. The summed E-state index contributed by atoms with van der Waals surface area (Å²) in [6.45, 7) is 10.7. The van der Waals surface area contributed by atoms with Gasteiger partial charge in [-0.3, -0.25) is 14.4 Å². The lowest BCUT2D eigenvalue weighted by Gasteiger charge is -2.47. The van der Waals surface area contributed by atoms with Crippen LogP contribution in [0.5, 0.6) is 0 Å². The van der Waals surface area contributed by atoms with Crippen LogP contribution in [0.1, 0.15) is 102 Å². The molecule has 2 aliphatic carbocycles. The maximum atomic E-state index is 13.9. The number of urea groups is 1. The number of anilines is 3. The molecule has 3 unspecified atom stereocenters. The van der Waals surface area contributed by atoms with E-state index < -0.39 is 0 Å². The number of amides is 3. The van der Waals surface area contributed by atoms with Crippen LogP contribution in [0.25, 0.3) is 0 Å². The first-order valence-electron chi connectivity index (χ1n) is 17.8. The van der Waals surface area contributed by atoms with Crippen molar-refractivity contribution < 1.29 is 9.59 Å². The summed E-state index contributed by atoms with van der Waals surface area (Å²) in [5.74, 6) is 4.19. The lowest BCUT2D eigenvalue weighted by molar-refractivity contribution is 0.0395. The Kier molecular flexibility index (Phi) is 8.85. The molecule has 10 heteroatoms. The number of pyridine rings is 2. The molecule has 2 saturated carbocycles. The molecule has 46 heavy (non-hydrogen) atoms. The minimum atomic E-state index is -0.204. The van der Waals surface area contributed by atoms with Crippen molar-refractivity contribution in [3.8, 4) is 0 Å². The first-order valence-corrected chi connectivity index (χ1v) is 18.6. The maximum absolute atomic E-state index is 13.9. The largest absolute Gasteiger partial charge is 0.370 e. The van der Waals surface area contributed by atoms with Crippen LogP contribution in [-0.4, -0.2) is 65.1 Å². The van der Waals surface area contributed by atoms with Crippen molar-refractivity contribution in [3.05, 3.63) is 35.9 Å². The van der Waals surface area contributed by atoms with E-state index in [1.807, 2.05) is 40.1 Å². The molecule has 2 aromatic rings. The molecular weight excluding hydrogens is 595 g/mol. The Morgan fingerprint density at radius 3 is 2.57 bits per heavy atom. The minimum Gasteiger partial charge on any atom is -0.370 e. The molecule has 248 valence electrons. The molecule has 4 fully saturated rings. The van der Waals surface area contributed by atoms with E-state index >= 15 is 0 Å². The minimum absolute atomic E-state index is 0.0453. The Balaban J connectivity index is 1.11. The van der Waals surface area contributed by atoms with Crippen molar-refractivity contribution >= 4 is 41.3 Å². The first-order chi connectivity index (χ1) is 22.2. The Bertz CT molecular complexity index is 1440.